The molecule has 2 rings (SSSR count). The summed E-state index contributed by atoms with van der Waals surface area (Å²) in [5.74, 6) is 1.69. The molecule has 2 atom stereocenters. The Bertz CT molecular complexity index is 305. The van der Waals surface area contributed by atoms with Crippen molar-refractivity contribution in [2.24, 2.45) is 5.92 Å². The Balaban J connectivity index is 2.17. The van der Waals surface area contributed by atoms with Gasteiger partial charge in [-0.05, 0) is 20.4 Å². The Morgan fingerprint density at radius 1 is 1.73 bits per heavy atom. The van der Waals surface area contributed by atoms with Crippen LogP contribution in [0.4, 0.5) is 0 Å². The third kappa shape index (κ3) is 2.06. The maximum absolute atomic E-state index is 5.43. The normalized spacial score (nSPS) is 23.2. The summed E-state index contributed by atoms with van der Waals surface area (Å²) in [5, 5.41) is 3.36. The number of aryl methyl sites for hydroxylation is 1. The van der Waals surface area contributed by atoms with E-state index in [0.717, 1.165) is 32.0 Å². The lowest BCUT2D eigenvalue weighted by Gasteiger charge is -2.22. The first kappa shape index (κ1) is 10.6. The van der Waals surface area contributed by atoms with E-state index in [1.807, 2.05) is 19.4 Å². The molecule has 2 heterocycles. The first-order valence-corrected chi connectivity index (χ1v) is 5.62. The number of aromatic nitrogens is 2. The number of hydrogen-bond donors (Lipinski definition) is 1. The van der Waals surface area contributed by atoms with E-state index in [4.69, 9.17) is 4.74 Å². The van der Waals surface area contributed by atoms with Crippen molar-refractivity contribution in [1.82, 2.24) is 14.9 Å². The van der Waals surface area contributed by atoms with Crippen molar-refractivity contribution in [3.8, 4) is 0 Å². The molecular weight excluding hydrogens is 190 g/mol. The molecule has 0 aliphatic carbocycles. The van der Waals surface area contributed by atoms with Crippen LogP contribution in [0.15, 0.2) is 12.4 Å². The second kappa shape index (κ2) is 4.77. The van der Waals surface area contributed by atoms with Crippen molar-refractivity contribution >= 4 is 0 Å². The van der Waals surface area contributed by atoms with Gasteiger partial charge in [0.05, 0.1) is 12.6 Å². The summed E-state index contributed by atoms with van der Waals surface area (Å²) in [6.45, 7) is 4.85. The number of ether oxygens (including phenoxy) is 1. The van der Waals surface area contributed by atoms with Crippen LogP contribution in [-0.2, 0) is 11.3 Å². The van der Waals surface area contributed by atoms with Crippen LogP contribution in [0.3, 0.4) is 0 Å². The highest BCUT2D eigenvalue weighted by molar-refractivity contribution is 5.02. The van der Waals surface area contributed by atoms with Gasteiger partial charge >= 0.3 is 0 Å². The van der Waals surface area contributed by atoms with E-state index in [-0.39, 0.29) is 0 Å². The summed E-state index contributed by atoms with van der Waals surface area (Å²) >= 11 is 0. The van der Waals surface area contributed by atoms with Gasteiger partial charge in [-0.15, -0.1) is 0 Å². The largest absolute Gasteiger partial charge is 0.381 e. The van der Waals surface area contributed by atoms with Gasteiger partial charge < -0.3 is 14.6 Å². The molecule has 0 radical (unpaired) electrons. The van der Waals surface area contributed by atoms with Gasteiger partial charge in [-0.3, -0.25) is 0 Å². The summed E-state index contributed by atoms with van der Waals surface area (Å²) in [5.41, 5.74) is 0. The van der Waals surface area contributed by atoms with E-state index in [1.54, 1.807) is 0 Å². The van der Waals surface area contributed by atoms with Gasteiger partial charge in [0.1, 0.15) is 5.82 Å². The van der Waals surface area contributed by atoms with Crippen LogP contribution in [-0.4, -0.2) is 29.8 Å². The van der Waals surface area contributed by atoms with Gasteiger partial charge in [0.25, 0.3) is 0 Å². The number of imidazole rings is 1. The lowest BCUT2D eigenvalue weighted by molar-refractivity contribution is 0.176. The molecule has 1 aliphatic heterocycles. The molecule has 0 saturated carbocycles. The zero-order valence-electron chi connectivity index (χ0n) is 9.44. The third-order valence-electron chi connectivity index (χ3n) is 3.11. The zero-order chi connectivity index (χ0) is 10.7. The molecule has 0 amide bonds. The minimum absolute atomic E-state index is 0.322. The molecule has 1 saturated heterocycles. The zero-order valence-corrected chi connectivity index (χ0v) is 9.44. The van der Waals surface area contributed by atoms with Crippen molar-refractivity contribution in [2.75, 3.05) is 20.3 Å². The van der Waals surface area contributed by atoms with Crippen LogP contribution in [0.5, 0.6) is 0 Å². The van der Waals surface area contributed by atoms with Crippen LogP contribution < -0.4 is 5.32 Å². The predicted molar refractivity (Wildman–Crippen MR) is 58.6 cm³/mol. The van der Waals surface area contributed by atoms with Gasteiger partial charge in [0.15, 0.2) is 0 Å². The van der Waals surface area contributed by atoms with Crippen molar-refractivity contribution < 1.29 is 4.74 Å². The average molecular weight is 209 g/mol. The molecule has 84 valence electrons. The molecular formula is C11H19N3O. The molecule has 0 spiro atoms. The summed E-state index contributed by atoms with van der Waals surface area (Å²) in [7, 11) is 2.00. The van der Waals surface area contributed by atoms with Crippen LogP contribution in [0.1, 0.15) is 25.2 Å². The van der Waals surface area contributed by atoms with E-state index < -0.39 is 0 Å². The monoisotopic (exact) mass is 209 g/mol. The molecule has 0 bridgehead atoms. The Morgan fingerprint density at radius 2 is 2.60 bits per heavy atom. The first-order chi connectivity index (χ1) is 7.36. The van der Waals surface area contributed by atoms with Crippen molar-refractivity contribution in [3.05, 3.63) is 18.2 Å². The Hall–Kier alpha value is -0.870. The topological polar surface area (TPSA) is 39.1 Å². The predicted octanol–water partition coefficient (Wildman–Crippen LogP) is 1.20. The number of hydrogen-bond acceptors (Lipinski definition) is 3. The quantitative estimate of drug-likeness (QED) is 0.810. The average Bonchev–Trinajstić information content (AvgIpc) is 2.89. The van der Waals surface area contributed by atoms with Crippen molar-refractivity contribution in [2.45, 2.75) is 25.9 Å². The molecule has 4 nitrogen and oxygen atoms in total. The number of rotatable bonds is 4. The summed E-state index contributed by atoms with van der Waals surface area (Å²) in [4.78, 5) is 4.45. The Labute approximate surface area is 90.6 Å². The van der Waals surface area contributed by atoms with E-state index in [2.05, 4.69) is 21.8 Å². The Morgan fingerprint density at radius 3 is 3.20 bits per heavy atom. The lowest BCUT2D eigenvalue weighted by Crippen LogP contribution is -2.28. The van der Waals surface area contributed by atoms with Crippen LogP contribution in [0.2, 0.25) is 0 Å². The van der Waals surface area contributed by atoms with E-state index >= 15 is 0 Å². The minimum atomic E-state index is 0.322. The standard InChI is InChI=1S/C11H19N3O/c1-3-14-6-5-13-11(14)10(12-2)9-4-7-15-8-9/h5-6,9-10,12H,3-4,7-8H2,1-2H3. The van der Waals surface area contributed by atoms with Crippen LogP contribution in [0, 0.1) is 5.92 Å². The third-order valence-corrected chi connectivity index (χ3v) is 3.11. The second-order valence-electron chi connectivity index (χ2n) is 3.96. The SMILES string of the molecule is CCn1ccnc1C(NC)C1CCOC1. The van der Waals surface area contributed by atoms with E-state index in [9.17, 15) is 0 Å². The fraction of sp³-hybridized carbons (Fsp3) is 0.727. The fourth-order valence-corrected chi connectivity index (χ4v) is 2.26. The van der Waals surface area contributed by atoms with E-state index in [0.29, 0.717) is 12.0 Å². The molecule has 2 unspecified atom stereocenters. The summed E-state index contributed by atoms with van der Waals surface area (Å²) in [6, 6.07) is 0.322. The second-order valence-corrected chi connectivity index (χ2v) is 3.96. The van der Waals surface area contributed by atoms with Crippen molar-refractivity contribution in [1.29, 1.82) is 0 Å². The molecule has 1 aromatic rings. The fourth-order valence-electron chi connectivity index (χ4n) is 2.26. The molecule has 1 fully saturated rings. The molecule has 1 N–H and O–H groups in total. The number of nitrogens with one attached hydrogen (secondary N) is 1. The van der Waals surface area contributed by atoms with Crippen LogP contribution in [0.25, 0.3) is 0 Å². The van der Waals surface area contributed by atoms with Gasteiger partial charge in [-0.1, -0.05) is 0 Å². The molecule has 15 heavy (non-hydrogen) atoms. The molecule has 0 aromatic carbocycles. The Kier molecular flexibility index (Phi) is 3.38. The highest BCUT2D eigenvalue weighted by Crippen LogP contribution is 2.27. The smallest absolute Gasteiger partial charge is 0.126 e. The van der Waals surface area contributed by atoms with E-state index in [1.165, 1.54) is 0 Å². The van der Waals surface area contributed by atoms with Crippen LogP contribution >= 0.6 is 0 Å². The maximum atomic E-state index is 5.43. The summed E-state index contributed by atoms with van der Waals surface area (Å²) < 4.78 is 7.63. The molecule has 1 aliphatic rings. The van der Waals surface area contributed by atoms with Gasteiger partial charge in [-0.25, -0.2) is 4.98 Å². The highest BCUT2D eigenvalue weighted by atomic mass is 16.5. The molecule has 1 aromatic heterocycles. The minimum Gasteiger partial charge on any atom is -0.381 e. The maximum Gasteiger partial charge on any atom is 0.126 e. The molecule has 4 heteroatoms. The van der Waals surface area contributed by atoms with Gasteiger partial charge in [-0.2, -0.15) is 0 Å². The van der Waals surface area contributed by atoms with Crippen molar-refractivity contribution in [3.63, 3.8) is 0 Å². The highest BCUT2D eigenvalue weighted by Gasteiger charge is 2.28. The van der Waals surface area contributed by atoms with Gasteiger partial charge in [0, 0.05) is 31.5 Å². The number of nitrogens with zero attached hydrogens (tertiary/aromatic N) is 2. The van der Waals surface area contributed by atoms with Gasteiger partial charge in [0.2, 0.25) is 0 Å². The first-order valence-electron chi connectivity index (χ1n) is 5.62. The lowest BCUT2D eigenvalue weighted by atomic mass is 9.98. The summed E-state index contributed by atoms with van der Waals surface area (Å²) in [6.07, 6.45) is 5.04.